The molecule has 1 saturated carbocycles. The molecule has 1 aliphatic carbocycles. The smallest absolute Gasteiger partial charge is 0.341 e. The number of fused-ring (bicyclic) bond motifs is 1. The Morgan fingerprint density at radius 1 is 1.38 bits per heavy atom. The lowest BCUT2D eigenvalue weighted by atomic mass is 10.0. The number of hydrogen-bond donors (Lipinski definition) is 2. The van der Waals surface area contributed by atoms with Crippen molar-refractivity contribution in [2.24, 2.45) is 11.1 Å². The Balaban J connectivity index is 1.88. The summed E-state index contributed by atoms with van der Waals surface area (Å²) in [5, 5.41) is 9.12. The Labute approximate surface area is 147 Å². The first kappa shape index (κ1) is 17.0. The Hall–Kier alpha value is -2.48. The van der Waals surface area contributed by atoms with Crippen molar-refractivity contribution in [3.05, 3.63) is 39.9 Å². The minimum atomic E-state index is -1.42. The lowest BCUT2D eigenvalue weighted by molar-refractivity contribution is 0.0694. The zero-order chi connectivity index (χ0) is 18.6. The van der Waals surface area contributed by atoms with Gasteiger partial charge in [0.15, 0.2) is 0 Å². The first-order valence-corrected chi connectivity index (χ1v) is 8.53. The zero-order valence-corrected chi connectivity index (χ0v) is 14.0. The first-order chi connectivity index (χ1) is 12.4. The second-order valence-electron chi connectivity index (χ2n) is 7.23. The molecule has 0 radical (unpaired) electrons. The molecule has 2 fully saturated rings. The first-order valence-electron chi connectivity index (χ1n) is 8.53. The van der Waals surface area contributed by atoms with Crippen LogP contribution in [-0.4, -0.2) is 41.4 Å². The molecule has 1 saturated heterocycles. The van der Waals surface area contributed by atoms with E-state index in [1.54, 1.807) is 0 Å². The minimum absolute atomic E-state index is 0.0278. The maximum absolute atomic E-state index is 14.7. The van der Waals surface area contributed by atoms with E-state index in [2.05, 4.69) is 0 Å². The second-order valence-corrected chi connectivity index (χ2v) is 7.23. The monoisotopic (exact) mass is 363 g/mol. The van der Waals surface area contributed by atoms with Crippen LogP contribution in [0.15, 0.2) is 23.1 Å². The molecule has 2 aliphatic rings. The normalized spacial score (nSPS) is 20.9. The van der Waals surface area contributed by atoms with Crippen molar-refractivity contribution in [3.8, 4) is 0 Å². The summed E-state index contributed by atoms with van der Waals surface area (Å²) in [6.07, 6.45) is 3.16. The van der Waals surface area contributed by atoms with E-state index in [1.165, 1.54) is 10.6 Å². The van der Waals surface area contributed by atoms with Crippen molar-refractivity contribution in [3.63, 3.8) is 0 Å². The molecule has 0 amide bonds. The van der Waals surface area contributed by atoms with E-state index in [1.807, 2.05) is 4.90 Å². The Kier molecular flexibility index (Phi) is 3.76. The van der Waals surface area contributed by atoms with E-state index in [4.69, 9.17) is 5.73 Å². The minimum Gasteiger partial charge on any atom is -0.477 e. The maximum Gasteiger partial charge on any atom is 0.341 e. The molecule has 2 heterocycles. The Morgan fingerprint density at radius 3 is 2.69 bits per heavy atom. The van der Waals surface area contributed by atoms with Gasteiger partial charge >= 0.3 is 5.97 Å². The number of carboxylic acids is 1. The number of pyridine rings is 1. The molecule has 6 nitrogen and oxygen atoms in total. The van der Waals surface area contributed by atoms with Gasteiger partial charge in [-0.05, 0) is 25.0 Å². The molecule has 1 unspecified atom stereocenters. The maximum atomic E-state index is 14.7. The predicted octanol–water partition coefficient (Wildman–Crippen LogP) is 1.74. The molecular formula is C18H19F2N3O3. The van der Waals surface area contributed by atoms with E-state index in [-0.39, 0.29) is 23.4 Å². The number of hydrogen-bond acceptors (Lipinski definition) is 4. The SMILES string of the molecule is NC1CN(c2cc3c(cc2F)c(=O)c(C(=O)O)cn3CCF)CC12CC2. The summed E-state index contributed by atoms with van der Waals surface area (Å²) in [5.41, 5.74) is 5.59. The quantitative estimate of drug-likeness (QED) is 0.864. The van der Waals surface area contributed by atoms with Gasteiger partial charge in [-0.3, -0.25) is 4.79 Å². The lowest BCUT2D eigenvalue weighted by Gasteiger charge is -2.21. The Morgan fingerprint density at radius 2 is 2.12 bits per heavy atom. The zero-order valence-electron chi connectivity index (χ0n) is 14.0. The molecule has 26 heavy (non-hydrogen) atoms. The van der Waals surface area contributed by atoms with Gasteiger partial charge in [0.1, 0.15) is 18.1 Å². The molecule has 1 aromatic carbocycles. The van der Waals surface area contributed by atoms with Crippen molar-refractivity contribution in [2.45, 2.75) is 25.4 Å². The van der Waals surface area contributed by atoms with E-state index >= 15 is 0 Å². The van der Waals surface area contributed by atoms with Crippen LogP contribution in [0.25, 0.3) is 10.9 Å². The highest BCUT2D eigenvalue weighted by Gasteiger charge is 2.53. The molecule has 138 valence electrons. The van der Waals surface area contributed by atoms with Gasteiger partial charge in [0.05, 0.1) is 17.7 Å². The van der Waals surface area contributed by atoms with Gasteiger partial charge in [0.2, 0.25) is 5.43 Å². The molecule has 4 rings (SSSR count). The van der Waals surface area contributed by atoms with E-state index < -0.39 is 29.5 Å². The third-order valence-electron chi connectivity index (χ3n) is 5.65. The number of anilines is 1. The van der Waals surface area contributed by atoms with Crippen molar-refractivity contribution in [2.75, 3.05) is 24.7 Å². The summed E-state index contributed by atoms with van der Waals surface area (Å²) < 4.78 is 29.0. The number of halogens is 2. The number of nitrogens with zero attached hydrogens (tertiary/aromatic N) is 2. The van der Waals surface area contributed by atoms with Gasteiger partial charge in [-0.25, -0.2) is 13.6 Å². The molecule has 8 heteroatoms. The number of aromatic carboxylic acids is 1. The van der Waals surface area contributed by atoms with Crippen molar-refractivity contribution >= 4 is 22.6 Å². The number of aromatic nitrogens is 1. The van der Waals surface area contributed by atoms with Crippen LogP contribution < -0.4 is 16.1 Å². The fraction of sp³-hybridized carbons (Fsp3) is 0.444. The van der Waals surface area contributed by atoms with Gasteiger partial charge in [0.25, 0.3) is 0 Å². The Bertz CT molecular complexity index is 968. The fourth-order valence-corrected chi connectivity index (χ4v) is 3.94. The second kappa shape index (κ2) is 5.77. The van der Waals surface area contributed by atoms with Gasteiger partial charge in [-0.2, -0.15) is 0 Å². The molecular weight excluding hydrogens is 344 g/mol. The summed E-state index contributed by atoms with van der Waals surface area (Å²) >= 11 is 0. The topological polar surface area (TPSA) is 88.6 Å². The van der Waals surface area contributed by atoms with Crippen LogP contribution in [0.2, 0.25) is 0 Å². The average Bonchev–Trinajstić information content (AvgIpc) is 3.29. The van der Waals surface area contributed by atoms with Gasteiger partial charge in [-0.15, -0.1) is 0 Å². The third kappa shape index (κ3) is 2.47. The molecule has 1 aromatic heterocycles. The van der Waals surface area contributed by atoms with Crippen LogP contribution in [0.3, 0.4) is 0 Å². The van der Waals surface area contributed by atoms with Gasteiger partial charge < -0.3 is 20.3 Å². The van der Waals surface area contributed by atoms with Crippen molar-refractivity contribution in [1.29, 1.82) is 0 Å². The third-order valence-corrected chi connectivity index (χ3v) is 5.65. The average molecular weight is 363 g/mol. The molecule has 1 aliphatic heterocycles. The summed E-state index contributed by atoms with van der Waals surface area (Å²) in [6.45, 7) is 0.313. The van der Waals surface area contributed by atoms with Crippen LogP contribution in [0.4, 0.5) is 14.5 Å². The van der Waals surface area contributed by atoms with Crippen LogP contribution in [0, 0.1) is 11.2 Å². The molecule has 0 bridgehead atoms. The number of benzene rings is 1. The van der Waals surface area contributed by atoms with E-state index in [0.717, 1.165) is 25.1 Å². The van der Waals surface area contributed by atoms with Crippen LogP contribution >= 0.6 is 0 Å². The van der Waals surface area contributed by atoms with Gasteiger partial charge in [0, 0.05) is 36.1 Å². The number of rotatable bonds is 4. The fourth-order valence-electron chi connectivity index (χ4n) is 3.94. The van der Waals surface area contributed by atoms with Crippen LogP contribution in [-0.2, 0) is 6.54 Å². The number of aryl methyl sites for hydroxylation is 1. The molecule has 2 aromatic rings. The van der Waals surface area contributed by atoms with E-state index in [9.17, 15) is 23.5 Å². The molecule has 1 spiro atoms. The highest BCUT2D eigenvalue weighted by Crippen LogP contribution is 2.53. The number of carboxylic acid groups (broad SMARTS) is 1. The van der Waals surface area contributed by atoms with Crippen molar-refractivity contribution in [1.82, 2.24) is 4.57 Å². The summed E-state index contributed by atoms with van der Waals surface area (Å²) in [4.78, 5) is 25.5. The molecule has 3 N–H and O–H groups in total. The standard InChI is InChI=1S/C18H19F2N3O3/c19-3-4-22-7-11(17(25)26)16(24)10-5-12(20)14(6-13(10)22)23-8-15(21)18(9-23)1-2-18/h5-7,15H,1-4,8-9,21H2,(H,25,26). The van der Waals surface area contributed by atoms with E-state index in [0.29, 0.717) is 24.3 Å². The largest absolute Gasteiger partial charge is 0.477 e. The number of carbonyl (C=O) groups is 1. The lowest BCUT2D eigenvalue weighted by Crippen LogP contribution is -2.30. The molecule has 1 atom stereocenters. The predicted molar refractivity (Wildman–Crippen MR) is 93.0 cm³/mol. The van der Waals surface area contributed by atoms with Crippen LogP contribution in [0.5, 0.6) is 0 Å². The van der Waals surface area contributed by atoms with Crippen LogP contribution in [0.1, 0.15) is 23.2 Å². The van der Waals surface area contributed by atoms with Crippen molar-refractivity contribution < 1.29 is 18.7 Å². The number of nitrogens with two attached hydrogens (primary N) is 1. The number of alkyl halides is 1. The highest BCUT2D eigenvalue weighted by molar-refractivity contribution is 5.93. The highest BCUT2D eigenvalue weighted by atomic mass is 19.1. The summed E-state index contributed by atoms with van der Waals surface area (Å²) in [7, 11) is 0. The summed E-state index contributed by atoms with van der Waals surface area (Å²) in [5.74, 6) is -2.02. The summed E-state index contributed by atoms with van der Waals surface area (Å²) in [6, 6.07) is 2.53. The van der Waals surface area contributed by atoms with Gasteiger partial charge in [-0.1, -0.05) is 0 Å².